The summed E-state index contributed by atoms with van der Waals surface area (Å²) >= 11 is 0. The average Bonchev–Trinajstić information content (AvgIpc) is 2.98. The van der Waals surface area contributed by atoms with Crippen LogP contribution in [0.25, 0.3) is 0 Å². The average molecular weight is 286 g/mol. The molecule has 0 aliphatic heterocycles. The maximum atomic E-state index is 4.43. The van der Waals surface area contributed by atoms with Gasteiger partial charge in [0.1, 0.15) is 12.2 Å². The lowest BCUT2D eigenvalue weighted by atomic mass is 9.96. The molecule has 0 aliphatic rings. The summed E-state index contributed by atoms with van der Waals surface area (Å²) in [4.78, 5) is 4.43. The molecule has 21 heavy (non-hydrogen) atoms. The van der Waals surface area contributed by atoms with E-state index in [4.69, 9.17) is 0 Å². The summed E-state index contributed by atoms with van der Waals surface area (Å²) < 4.78 is 1.98. The molecule has 1 N–H and O–H groups in total. The second kappa shape index (κ2) is 7.93. The van der Waals surface area contributed by atoms with Crippen molar-refractivity contribution in [3.8, 4) is 0 Å². The molecule has 1 aromatic heterocycles. The number of benzene rings is 1. The van der Waals surface area contributed by atoms with Crippen LogP contribution in [0.4, 0.5) is 0 Å². The third-order valence-electron chi connectivity index (χ3n) is 3.83. The lowest BCUT2D eigenvalue weighted by molar-refractivity contribution is 0.494. The SMILES string of the molecule is CCCNC(Cc1ncnn1CC)c1ccccc1CC. The fourth-order valence-corrected chi connectivity index (χ4v) is 2.70. The predicted molar refractivity (Wildman–Crippen MR) is 86.3 cm³/mol. The Bertz CT molecular complexity index is 547. The van der Waals surface area contributed by atoms with Crippen LogP contribution < -0.4 is 5.32 Å². The van der Waals surface area contributed by atoms with Crippen molar-refractivity contribution in [3.05, 3.63) is 47.5 Å². The molecular weight excluding hydrogens is 260 g/mol. The van der Waals surface area contributed by atoms with Gasteiger partial charge in [0, 0.05) is 19.0 Å². The van der Waals surface area contributed by atoms with Gasteiger partial charge >= 0.3 is 0 Å². The zero-order chi connectivity index (χ0) is 15.1. The lowest BCUT2D eigenvalue weighted by Crippen LogP contribution is -2.26. The van der Waals surface area contributed by atoms with Crippen molar-refractivity contribution < 1.29 is 0 Å². The van der Waals surface area contributed by atoms with E-state index in [0.29, 0.717) is 6.04 Å². The second-order valence-electron chi connectivity index (χ2n) is 5.26. The summed E-state index contributed by atoms with van der Waals surface area (Å²) in [5, 5.41) is 7.95. The van der Waals surface area contributed by atoms with Crippen LogP contribution in [0.15, 0.2) is 30.6 Å². The molecule has 0 bridgehead atoms. The van der Waals surface area contributed by atoms with Gasteiger partial charge < -0.3 is 5.32 Å². The van der Waals surface area contributed by atoms with Crippen LogP contribution in [0.5, 0.6) is 0 Å². The Kier molecular flexibility index (Phi) is 5.93. The van der Waals surface area contributed by atoms with Crippen molar-refractivity contribution in [2.45, 2.75) is 52.6 Å². The molecule has 0 radical (unpaired) electrons. The van der Waals surface area contributed by atoms with Gasteiger partial charge in [-0.05, 0) is 37.4 Å². The molecule has 4 heteroatoms. The minimum absolute atomic E-state index is 0.301. The van der Waals surface area contributed by atoms with Crippen LogP contribution in [0.1, 0.15) is 50.2 Å². The van der Waals surface area contributed by atoms with Crippen LogP contribution in [0, 0.1) is 0 Å². The van der Waals surface area contributed by atoms with Gasteiger partial charge in [-0.15, -0.1) is 0 Å². The monoisotopic (exact) mass is 286 g/mol. The molecule has 4 nitrogen and oxygen atoms in total. The lowest BCUT2D eigenvalue weighted by Gasteiger charge is -2.21. The number of aromatic nitrogens is 3. The molecule has 2 rings (SSSR count). The van der Waals surface area contributed by atoms with Gasteiger partial charge in [0.05, 0.1) is 0 Å². The molecule has 0 spiro atoms. The van der Waals surface area contributed by atoms with Crippen molar-refractivity contribution in [3.63, 3.8) is 0 Å². The zero-order valence-corrected chi connectivity index (χ0v) is 13.3. The van der Waals surface area contributed by atoms with E-state index in [9.17, 15) is 0 Å². The molecule has 114 valence electrons. The maximum absolute atomic E-state index is 4.43. The first kappa shape index (κ1) is 15.7. The molecule has 1 aromatic carbocycles. The third-order valence-corrected chi connectivity index (χ3v) is 3.83. The van der Waals surface area contributed by atoms with Crippen LogP contribution in [0.2, 0.25) is 0 Å². The number of hydrogen-bond acceptors (Lipinski definition) is 3. The fraction of sp³-hybridized carbons (Fsp3) is 0.529. The van der Waals surface area contributed by atoms with E-state index in [0.717, 1.165) is 38.2 Å². The van der Waals surface area contributed by atoms with Gasteiger partial charge in [-0.3, -0.25) is 4.68 Å². The minimum atomic E-state index is 0.301. The van der Waals surface area contributed by atoms with Crippen molar-refractivity contribution in [1.82, 2.24) is 20.1 Å². The number of nitrogens with one attached hydrogen (secondary N) is 1. The smallest absolute Gasteiger partial charge is 0.138 e. The molecular formula is C17H26N4. The Morgan fingerprint density at radius 2 is 2.00 bits per heavy atom. The summed E-state index contributed by atoms with van der Waals surface area (Å²) in [7, 11) is 0. The Hall–Kier alpha value is -1.68. The van der Waals surface area contributed by atoms with E-state index in [1.165, 1.54) is 11.1 Å². The summed E-state index contributed by atoms with van der Waals surface area (Å²) in [6.45, 7) is 8.40. The highest BCUT2D eigenvalue weighted by Gasteiger charge is 2.17. The highest BCUT2D eigenvalue weighted by Crippen LogP contribution is 2.22. The molecule has 0 aliphatic carbocycles. The van der Waals surface area contributed by atoms with Gasteiger partial charge in [-0.1, -0.05) is 38.1 Å². The molecule has 1 heterocycles. The van der Waals surface area contributed by atoms with E-state index in [1.54, 1.807) is 6.33 Å². The maximum Gasteiger partial charge on any atom is 0.138 e. The van der Waals surface area contributed by atoms with E-state index in [-0.39, 0.29) is 0 Å². The minimum Gasteiger partial charge on any atom is -0.310 e. The van der Waals surface area contributed by atoms with E-state index < -0.39 is 0 Å². The highest BCUT2D eigenvalue weighted by atomic mass is 15.3. The first-order chi connectivity index (χ1) is 10.3. The van der Waals surface area contributed by atoms with Gasteiger partial charge in [0.2, 0.25) is 0 Å². The van der Waals surface area contributed by atoms with Gasteiger partial charge in [0.25, 0.3) is 0 Å². The van der Waals surface area contributed by atoms with Crippen LogP contribution in [-0.2, 0) is 19.4 Å². The largest absolute Gasteiger partial charge is 0.310 e. The molecule has 1 atom stereocenters. The molecule has 1 unspecified atom stereocenters. The second-order valence-corrected chi connectivity index (χ2v) is 5.26. The third kappa shape index (κ3) is 3.91. The summed E-state index contributed by atoms with van der Waals surface area (Å²) in [5.41, 5.74) is 2.80. The quantitative estimate of drug-likeness (QED) is 0.810. The van der Waals surface area contributed by atoms with Crippen LogP contribution >= 0.6 is 0 Å². The number of aryl methyl sites for hydroxylation is 2. The molecule has 2 aromatic rings. The van der Waals surface area contributed by atoms with E-state index in [2.05, 4.69) is 60.4 Å². The summed E-state index contributed by atoms with van der Waals surface area (Å²) in [6, 6.07) is 9.00. The number of hydrogen-bond donors (Lipinski definition) is 1. The summed E-state index contributed by atoms with van der Waals surface area (Å²) in [5.74, 6) is 1.05. The Morgan fingerprint density at radius 1 is 1.19 bits per heavy atom. The topological polar surface area (TPSA) is 42.7 Å². The van der Waals surface area contributed by atoms with Crippen molar-refractivity contribution >= 4 is 0 Å². The first-order valence-corrected chi connectivity index (χ1v) is 7.97. The normalized spacial score (nSPS) is 12.5. The van der Waals surface area contributed by atoms with Crippen LogP contribution in [-0.4, -0.2) is 21.3 Å². The first-order valence-electron chi connectivity index (χ1n) is 7.97. The van der Waals surface area contributed by atoms with Gasteiger partial charge in [-0.2, -0.15) is 5.10 Å². The van der Waals surface area contributed by atoms with Crippen molar-refractivity contribution in [2.24, 2.45) is 0 Å². The van der Waals surface area contributed by atoms with Crippen molar-refractivity contribution in [2.75, 3.05) is 6.54 Å². The Balaban J connectivity index is 2.25. The predicted octanol–water partition coefficient (Wildman–Crippen LogP) is 3.14. The fourth-order valence-electron chi connectivity index (χ4n) is 2.70. The number of nitrogens with zero attached hydrogens (tertiary/aromatic N) is 3. The molecule has 0 amide bonds. The van der Waals surface area contributed by atoms with Gasteiger partial charge in [-0.25, -0.2) is 4.98 Å². The molecule has 0 saturated heterocycles. The molecule has 0 saturated carbocycles. The standard InChI is InChI=1S/C17H26N4/c1-4-11-18-16(12-17-19-13-20-21(17)6-3)15-10-8-7-9-14(15)5-2/h7-10,13,16,18H,4-6,11-12H2,1-3H3. The Labute approximate surface area is 127 Å². The summed E-state index contributed by atoms with van der Waals surface area (Å²) in [6.07, 6.45) is 4.72. The van der Waals surface area contributed by atoms with E-state index >= 15 is 0 Å². The molecule has 0 fully saturated rings. The van der Waals surface area contributed by atoms with E-state index in [1.807, 2.05) is 4.68 Å². The zero-order valence-electron chi connectivity index (χ0n) is 13.3. The van der Waals surface area contributed by atoms with Gasteiger partial charge in [0.15, 0.2) is 0 Å². The number of rotatable bonds is 8. The highest BCUT2D eigenvalue weighted by molar-refractivity contribution is 5.30. The Morgan fingerprint density at radius 3 is 2.71 bits per heavy atom. The van der Waals surface area contributed by atoms with Crippen LogP contribution in [0.3, 0.4) is 0 Å². The van der Waals surface area contributed by atoms with Crippen molar-refractivity contribution in [1.29, 1.82) is 0 Å².